The van der Waals surface area contributed by atoms with Crippen molar-refractivity contribution < 1.29 is 13.9 Å². The molecule has 0 saturated heterocycles. The molecule has 0 radical (unpaired) electrons. The van der Waals surface area contributed by atoms with Gasteiger partial charge in [-0.2, -0.15) is 5.10 Å². The molecule has 3 aromatic heterocycles. The maximum Gasteiger partial charge on any atom is 0.294 e. The van der Waals surface area contributed by atoms with Crippen molar-refractivity contribution in [2.24, 2.45) is 7.05 Å². The van der Waals surface area contributed by atoms with E-state index in [0.29, 0.717) is 35.8 Å². The van der Waals surface area contributed by atoms with Crippen molar-refractivity contribution in [3.63, 3.8) is 0 Å². The maximum atomic E-state index is 12.6. The molecule has 0 unspecified atom stereocenters. The molecule has 0 saturated carbocycles. The van der Waals surface area contributed by atoms with Crippen molar-refractivity contribution >= 4 is 16.9 Å². The highest BCUT2D eigenvalue weighted by atomic mass is 16.5. The summed E-state index contributed by atoms with van der Waals surface area (Å²) in [7, 11) is 3.31. The first kappa shape index (κ1) is 18.5. The zero-order valence-corrected chi connectivity index (χ0v) is 16.1. The Morgan fingerprint density at radius 1 is 1.24 bits per heavy atom. The lowest BCUT2D eigenvalue weighted by Crippen LogP contribution is -2.31. The van der Waals surface area contributed by atoms with Gasteiger partial charge in [0.15, 0.2) is 5.58 Å². The monoisotopic (exact) mass is 392 g/mol. The van der Waals surface area contributed by atoms with Crippen molar-refractivity contribution in [2.75, 3.05) is 13.7 Å². The lowest BCUT2D eigenvalue weighted by Gasteiger charge is -2.07. The molecule has 1 aromatic carbocycles. The Balaban J connectivity index is 1.47. The summed E-state index contributed by atoms with van der Waals surface area (Å²) in [6.45, 7) is 0.624. The third kappa shape index (κ3) is 3.52. The van der Waals surface area contributed by atoms with E-state index in [1.807, 2.05) is 30.3 Å². The van der Waals surface area contributed by atoms with Crippen LogP contribution in [0.1, 0.15) is 10.5 Å². The number of methoxy groups -OCH3 is 1. The molecule has 29 heavy (non-hydrogen) atoms. The third-order valence-electron chi connectivity index (χ3n) is 4.72. The van der Waals surface area contributed by atoms with E-state index >= 15 is 0 Å². The van der Waals surface area contributed by atoms with E-state index in [1.54, 1.807) is 32.5 Å². The molecular formula is C21H20N4O4. The van der Waals surface area contributed by atoms with E-state index in [9.17, 15) is 9.59 Å². The standard InChI is InChI=1S/C21H20N4O4/c1-24-17(13-16(23-24)15-5-3-4-6-18(15)28-2)20(26)22-9-11-25-10-7-14-8-12-29-19(14)21(25)27/h3-8,10,12-13H,9,11H2,1-2H3,(H,22,26). The number of para-hydroxylation sites is 1. The average Bonchev–Trinajstić information content (AvgIpc) is 3.36. The number of benzene rings is 1. The van der Waals surface area contributed by atoms with Crippen LogP contribution < -0.4 is 15.6 Å². The average molecular weight is 392 g/mol. The van der Waals surface area contributed by atoms with E-state index < -0.39 is 0 Å². The first-order valence-electron chi connectivity index (χ1n) is 9.11. The third-order valence-corrected chi connectivity index (χ3v) is 4.72. The molecular weight excluding hydrogens is 372 g/mol. The molecule has 8 heteroatoms. The van der Waals surface area contributed by atoms with Gasteiger partial charge in [-0.3, -0.25) is 14.3 Å². The fraction of sp³-hybridized carbons (Fsp3) is 0.190. The molecule has 0 fully saturated rings. The smallest absolute Gasteiger partial charge is 0.294 e. The number of rotatable bonds is 6. The number of amides is 1. The van der Waals surface area contributed by atoms with Gasteiger partial charge in [0.2, 0.25) is 0 Å². The summed E-state index contributed by atoms with van der Waals surface area (Å²) in [5.41, 5.74) is 1.96. The number of aromatic nitrogens is 3. The second kappa shape index (κ2) is 7.67. The molecule has 0 spiro atoms. The summed E-state index contributed by atoms with van der Waals surface area (Å²) >= 11 is 0. The number of carbonyl (C=O) groups excluding carboxylic acids is 1. The fourth-order valence-corrected chi connectivity index (χ4v) is 3.22. The van der Waals surface area contributed by atoms with Crippen LogP contribution in [0.5, 0.6) is 5.75 Å². The van der Waals surface area contributed by atoms with Crippen LogP contribution in [0.15, 0.2) is 64.1 Å². The summed E-state index contributed by atoms with van der Waals surface area (Å²) < 4.78 is 13.6. The van der Waals surface area contributed by atoms with Crippen LogP contribution in [0.25, 0.3) is 22.2 Å². The van der Waals surface area contributed by atoms with E-state index in [0.717, 1.165) is 10.9 Å². The second-order valence-corrected chi connectivity index (χ2v) is 6.51. The molecule has 4 rings (SSSR count). The highest BCUT2D eigenvalue weighted by Gasteiger charge is 2.16. The first-order valence-corrected chi connectivity index (χ1v) is 9.11. The summed E-state index contributed by atoms with van der Waals surface area (Å²) in [4.78, 5) is 24.9. The van der Waals surface area contributed by atoms with Crippen molar-refractivity contribution in [1.29, 1.82) is 0 Å². The van der Waals surface area contributed by atoms with Gasteiger partial charge < -0.3 is 19.0 Å². The summed E-state index contributed by atoms with van der Waals surface area (Å²) in [6, 6.07) is 12.8. The largest absolute Gasteiger partial charge is 0.496 e. The summed E-state index contributed by atoms with van der Waals surface area (Å²) in [5.74, 6) is 0.415. The highest BCUT2D eigenvalue weighted by molar-refractivity contribution is 5.93. The molecule has 148 valence electrons. The number of carbonyl (C=O) groups is 1. The summed E-state index contributed by atoms with van der Waals surface area (Å²) in [5, 5.41) is 8.02. The number of hydrogen-bond acceptors (Lipinski definition) is 5. The predicted octanol–water partition coefficient (Wildman–Crippen LogP) is 2.43. The molecule has 8 nitrogen and oxygen atoms in total. The van der Waals surface area contributed by atoms with E-state index in [2.05, 4.69) is 10.4 Å². The SMILES string of the molecule is COc1ccccc1-c1cc(C(=O)NCCn2ccc3ccoc3c2=O)n(C)n1. The molecule has 0 bridgehead atoms. The van der Waals surface area contributed by atoms with Gasteiger partial charge in [0.1, 0.15) is 11.4 Å². The minimum absolute atomic E-state index is 0.222. The number of pyridine rings is 1. The number of nitrogens with one attached hydrogen (secondary N) is 1. The zero-order chi connectivity index (χ0) is 20.4. The van der Waals surface area contributed by atoms with Crippen LogP contribution in [-0.2, 0) is 13.6 Å². The Morgan fingerprint density at radius 3 is 2.90 bits per heavy atom. The Labute approximate surface area is 166 Å². The number of nitrogens with zero attached hydrogens (tertiary/aromatic N) is 3. The number of fused-ring (bicyclic) bond motifs is 1. The van der Waals surface area contributed by atoms with E-state index in [1.165, 1.54) is 15.5 Å². The van der Waals surface area contributed by atoms with Gasteiger partial charge in [0.05, 0.1) is 19.1 Å². The van der Waals surface area contributed by atoms with Crippen LogP contribution >= 0.6 is 0 Å². The van der Waals surface area contributed by atoms with Gasteiger partial charge in [0.25, 0.3) is 11.5 Å². The number of furan rings is 1. The molecule has 1 amide bonds. The van der Waals surface area contributed by atoms with Gasteiger partial charge in [0, 0.05) is 37.3 Å². The Morgan fingerprint density at radius 2 is 2.07 bits per heavy atom. The molecule has 0 aliphatic heterocycles. The van der Waals surface area contributed by atoms with Crippen LogP contribution in [-0.4, -0.2) is 33.9 Å². The Hall–Kier alpha value is -3.81. The van der Waals surface area contributed by atoms with Gasteiger partial charge in [-0.25, -0.2) is 0 Å². The topological polar surface area (TPSA) is 91.3 Å². The molecule has 4 aromatic rings. The van der Waals surface area contributed by atoms with Crippen molar-refractivity contribution in [1.82, 2.24) is 19.7 Å². The minimum Gasteiger partial charge on any atom is -0.496 e. The van der Waals surface area contributed by atoms with E-state index in [4.69, 9.17) is 9.15 Å². The molecule has 0 aliphatic rings. The zero-order valence-electron chi connectivity index (χ0n) is 16.1. The summed E-state index contributed by atoms with van der Waals surface area (Å²) in [6.07, 6.45) is 3.18. The lowest BCUT2D eigenvalue weighted by molar-refractivity contribution is 0.0943. The van der Waals surface area contributed by atoms with E-state index in [-0.39, 0.29) is 11.5 Å². The van der Waals surface area contributed by atoms with Crippen LogP contribution in [0.3, 0.4) is 0 Å². The minimum atomic E-state index is -0.270. The second-order valence-electron chi connectivity index (χ2n) is 6.51. The Bertz CT molecular complexity index is 1230. The van der Waals surface area contributed by atoms with Crippen LogP contribution in [0.4, 0.5) is 0 Å². The normalized spacial score (nSPS) is 11.0. The maximum absolute atomic E-state index is 12.6. The number of ether oxygens (including phenoxy) is 1. The number of hydrogen-bond donors (Lipinski definition) is 1. The van der Waals surface area contributed by atoms with Gasteiger partial charge in [-0.05, 0) is 30.3 Å². The first-order chi connectivity index (χ1) is 14.1. The molecule has 0 atom stereocenters. The molecule has 1 N–H and O–H groups in total. The van der Waals surface area contributed by atoms with Crippen molar-refractivity contribution in [3.05, 3.63) is 71.0 Å². The highest BCUT2D eigenvalue weighted by Crippen LogP contribution is 2.28. The lowest BCUT2D eigenvalue weighted by atomic mass is 10.1. The predicted molar refractivity (Wildman–Crippen MR) is 108 cm³/mol. The van der Waals surface area contributed by atoms with Crippen LogP contribution in [0, 0.1) is 0 Å². The quantitative estimate of drug-likeness (QED) is 0.544. The molecule has 0 aliphatic carbocycles. The molecule has 3 heterocycles. The van der Waals surface area contributed by atoms with Crippen LogP contribution in [0.2, 0.25) is 0 Å². The van der Waals surface area contributed by atoms with Gasteiger partial charge in [-0.15, -0.1) is 0 Å². The van der Waals surface area contributed by atoms with Crippen molar-refractivity contribution in [3.8, 4) is 17.0 Å². The number of aryl methyl sites for hydroxylation is 1. The Kier molecular flexibility index (Phi) is 4.90. The van der Waals surface area contributed by atoms with Crippen molar-refractivity contribution in [2.45, 2.75) is 6.54 Å². The van der Waals surface area contributed by atoms with Gasteiger partial charge >= 0.3 is 0 Å². The fourth-order valence-electron chi connectivity index (χ4n) is 3.22. The van der Waals surface area contributed by atoms with Gasteiger partial charge in [-0.1, -0.05) is 12.1 Å².